The summed E-state index contributed by atoms with van der Waals surface area (Å²) in [6, 6.07) is 8.22. The minimum absolute atomic E-state index is 0.0671. The van der Waals surface area contributed by atoms with E-state index >= 15 is 0 Å². The molecule has 0 saturated carbocycles. The lowest BCUT2D eigenvalue weighted by Crippen LogP contribution is -2.54. The maximum atomic E-state index is 13.0. The minimum Gasteiger partial charge on any atom is -0.442 e. The average Bonchev–Trinajstić information content (AvgIpc) is 2.52. The zero-order valence-corrected chi connectivity index (χ0v) is 15.7. The first-order valence-electron chi connectivity index (χ1n) is 8.60. The van der Waals surface area contributed by atoms with Crippen LogP contribution in [0.25, 0.3) is 0 Å². The molecule has 0 radical (unpaired) electrons. The summed E-state index contributed by atoms with van der Waals surface area (Å²) in [5.41, 5.74) is -0.265. The molecule has 1 aliphatic heterocycles. The highest BCUT2D eigenvalue weighted by Gasteiger charge is 2.43. The molecule has 1 heterocycles. The van der Waals surface area contributed by atoms with Crippen molar-refractivity contribution in [3.63, 3.8) is 0 Å². The number of halogens is 3. The quantitative estimate of drug-likeness (QED) is 0.763. The number of aliphatic imine (C=N–C) groups is 1. The van der Waals surface area contributed by atoms with Crippen molar-refractivity contribution in [2.24, 2.45) is 4.99 Å². The molecule has 148 valence electrons. The number of carbonyl (C=O) groups excluding carboxylic acids is 2. The third kappa shape index (κ3) is 5.80. The molecule has 0 unspecified atom stereocenters. The standard InChI is InChI=1S/C19H23F3N2O3/c1-12-14(13-8-6-5-7-9-13)10-15(23-17(26)27-18(2,3)4)16(25)24(12)11-19(20,21)22/h5-9,12,14H,10-11H2,1-4H3/t12-,14-/m1/s1. The van der Waals surface area contributed by atoms with Gasteiger partial charge in [0.25, 0.3) is 5.91 Å². The summed E-state index contributed by atoms with van der Waals surface area (Å²) in [6.45, 7) is 5.09. The van der Waals surface area contributed by atoms with E-state index in [1.54, 1.807) is 58.0 Å². The second-order valence-electron chi connectivity index (χ2n) is 7.55. The highest BCUT2D eigenvalue weighted by Crippen LogP contribution is 2.34. The molecule has 0 aromatic heterocycles. The molecular weight excluding hydrogens is 361 g/mol. The van der Waals surface area contributed by atoms with Crippen LogP contribution in [0.5, 0.6) is 0 Å². The summed E-state index contributed by atoms with van der Waals surface area (Å²) >= 11 is 0. The second kappa shape index (κ2) is 7.70. The first-order chi connectivity index (χ1) is 12.4. The van der Waals surface area contributed by atoms with Crippen molar-refractivity contribution in [2.75, 3.05) is 6.54 Å². The third-order valence-electron chi connectivity index (χ3n) is 4.19. The van der Waals surface area contributed by atoms with E-state index in [1.165, 1.54) is 0 Å². The molecule has 1 saturated heterocycles. The van der Waals surface area contributed by atoms with Crippen LogP contribution in [0.1, 0.15) is 45.6 Å². The van der Waals surface area contributed by atoms with Gasteiger partial charge in [-0.25, -0.2) is 4.79 Å². The Labute approximate surface area is 156 Å². The fourth-order valence-corrected chi connectivity index (χ4v) is 3.03. The van der Waals surface area contributed by atoms with Gasteiger partial charge in [-0.1, -0.05) is 30.3 Å². The van der Waals surface area contributed by atoms with Gasteiger partial charge in [-0.15, -0.1) is 0 Å². The summed E-state index contributed by atoms with van der Waals surface area (Å²) < 4.78 is 44.1. The molecule has 0 spiro atoms. The van der Waals surface area contributed by atoms with Crippen molar-refractivity contribution in [2.45, 2.75) is 57.9 Å². The van der Waals surface area contributed by atoms with Gasteiger partial charge >= 0.3 is 12.3 Å². The van der Waals surface area contributed by atoms with Crippen LogP contribution in [-0.2, 0) is 9.53 Å². The SMILES string of the molecule is C[C@@H]1[C@H](c2ccccc2)CC(=NC(=O)OC(C)(C)C)C(=O)N1CC(F)(F)F. The number of hydrogen-bond donors (Lipinski definition) is 0. The largest absolute Gasteiger partial charge is 0.442 e. The summed E-state index contributed by atoms with van der Waals surface area (Å²) in [5.74, 6) is -1.30. The van der Waals surface area contributed by atoms with Gasteiger partial charge in [0.1, 0.15) is 17.9 Å². The first-order valence-corrected chi connectivity index (χ1v) is 8.60. The number of piperidine rings is 1. The Morgan fingerprint density at radius 2 is 1.81 bits per heavy atom. The lowest BCUT2D eigenvalue weighted by atomic mass is 9.83. The molecule has 8 heteroatoms. The minimum atomic E-state index is -4.56. The van der Waals surface area contributed by atoms with Crippen LogP contribution in [0.3, 0.4) is 0 Å². The van der Waals surface area contributed by atoms with Crippen LogP contribution < -0.4 is 0 Å². The molecule has 2 atom stereocenters. The van der Waals surface area contributed by atoms with E-state index in [9.17, 15) is 22.8 Å². The van der Waals surface area contributed by atoms with Crippen molar-refractivity contribution in [3.8, 4) is 0 Å². The van der Waals surface area contributed by atoms with Gasteiger partial charge in [-0.05, 0) is 33.3 Å². The molecule has 1 fully saturated rings. The number of alkyl halides is 3. The first kappa shape index (κ1) is 20.9. The Morgan fingerprint density at radius 3 is 2.33 bits per heavy atom. The van der Waals surface area contributed by atoms with Crippen molar-refractivity contribution in [1.82, 2.24) is 4.90 Å². The number of ether oxygens (including phenoxy) is 1. The molecule has 1 aromatic carbocycles. The van der Waals surface area contributed by atoms with E-state index in [4.69, 9.17) is 4.74 Å². The molecule has 0 N–H and O–H groups in total. The molecule has 1 aliphatic rings. The maximum Gasteiger partial charge on any atom is 0.434 e. The second-order valence-corrected chi connectivity index (χ2v) is 7.55. The van der Waals surface area contributed by atoms with Crippen molar-refractivity contribution < 1.29 is 27.5 Å². The number of likely N-dealkylation sites (tertiary alicyclic amines) is 1. The molecule has 27 heavy (non-hydrogen) atoms. The van der Waals surface area contributed by atoms with Crippen LogP contribution >= 0.6 is 0 Å². The smallest absolute Gasteiger partial charge is 0.434 e. The normalized spacial score (nSPS) is 22.9. The van der Waals surface area contributed by atoms with Gasteiger partial charge in [0.15, 0.2) is 0 Å². The Hall–Kier alpha value is -2.38. The van der Waals surface area contributed by atoms with Crippen LogP contribution in [0.2, 0.25) is 0 Å². The van der Waals surface area contributed by atoms with Gasteiger partial charge in [0.05, 0.1) is 0 Å². The zero-order chi connectivity index (χ0) is 20.4. The van der Waals surface area contributed by atoms with Gasteiger partial charge in [0.2, 0.25) is 0 Å². The van der Waals surface area contributed by atoms with Crippen LogP contribution in [0.4, 0.5) is 18.0 Å². The number of nitrogens with zero attached hydrogens (tertiary/aromatic N) is 2. The maximum absolute atomic E-state index is 13.0. The van der Waals surface area contributed by atoms with Gasteiger partial charge in [-0.2, -0.15) is 18.2 Å². The van der Waals surface area contributed by atoms with Gasteiger partial charge < -0.3 is 9.64 Å². The van der Waals surface area contributed by atoms with Crippen molar-refractivity contribution in [1.29, 1.82) is 0 Å². The lowest BCUT2D eigenvalue weighted by molar-refractivity contribution is -0.163. The molecule has 2 amide bonds. The summed E-state index contributed by atoms with van der Waals surface area (Å²) in [7, 11) is 0. The summed E-state index contributed by atoms with van der Waals surface area (Å²) in [5, 5.41) is 0. The third-order valence-corrected chi connectivity index (χ3v) is 4.19. The number of carbonyl (C=O) groups is 2. The molecule has 2 rings (SSSR count). The van der Waals surface area contributed by atoms with Gasteiger partial charge in [-0.3, -0.25) is 4.79 Å². The summed E-state index contributed by atoms with van der Waals surface area (Å²) in [4.78, 5) is 29.0. The monoisotopic (exact) mass is 384 g/mol. The molecule has 5 nitrogen and oxygen atoms in total. The number of hydrogen-bond acceptors (Lipinski definition) is 3. The Kier molecular flexibility index (Phi) is 5.97. The highest BCUT2D eigenvalue weighted by molar-refractivity contribution is 6.41. The van der Waals surface area contributed by atoms with E-state index in [1.807, 2.05) is 0 Å². The average molecular weight is 384 g/mol. The highest BCUT2D eigenvalue weighted by atomic mass is 19.4. The van der Waals surface area contributed by atoms with Crippen LogP contribution in [0, 0.1) is 0 Å². The van der Waals surface area contributed by atoms with Gasteiger partial charge in [0, 0.05) is 18.4 Å². The fraction of sp³-hybridized carbons (Fsp3) is 0.526. The van der Waals surface area contributed by atoms with Crippen LogP contribution in [0.15, 0.2) is 35.3 Å². The topological polar surface area (TPSA) is 59.0 Å². The van der Waals surface area contributed by atoms with Crippen molar-refractivity contribution >= 4 is 17.7 Å². The Balaban J connectivity index is 2.38. The fourth-order valence-electron chi connectivity index (χ4n) is 3.03. The van der Waals surface area contributed by atoms with E-state index in [2.05, 4.69) is 4.99 Å². The van der Waals surface area contributed by atoms with Crippen molar-refractivity contribution in [3.05, 3.63) is 35.9 Å². The van der Waals surface area contributed by atoms with E-state index in [-0.39, 0.29) is 12.1 Å². The van der Waals surface area contributed by atoms with E-state index in [0.717, 1.165) is 10.5 Å². The van der Waals surface area contributed by atoms with Crippen LogP contribution in [-0.4, -0.2) is 47.0 Å². The number of rotatable bonds is 2. The molecule has 0 bridgehead atoms. The summed E-state index contributed by atoms with van der Waals surface area (Å²) in [6.07, 6.45) is -5.48. The molecular formula is C19H23F3N2O3. The Morgan fingerprint density at radius 1 is 1.22 bits per heavy atom. The van der Waals surface area contributed by atoms with E-state index < -0.39 is 42.3 Å². The number of amides is 2. The molecule has 0 aliphatic carbocycles. The zero-order valence-electron chi connectivity index (χ0n) is 15.7. The Bertz CT molecular complexity index is 724. The predicted octanol–water partition coefficient (Wildman–Crippen LogP) is 4.33. The lowest BCUT2D eigenvalue weighted by Gasteiger charge is -2.40. The molecule has 1 aromatic rings. The number of benzene rings is 1. The van der Waals surface area contributed by atoms with E-state index in [0.29, 0.717) is 0 Å². The predicted molar refractivity (Wildman–Crippen MR) is 94.7 cm³/mol.